The summed E-state index contributed by atoms with van der Waals surface area (Å²) in [4.78, 5) is 36.1. The monoisotopic (exact) mass is 370 g/mol. The number of carbonyl (C=O) groups is 2. The lowest BCUT2D eigenvalue weighted by Gasteiger charge is -2.23. The molecule has 0 spiro atoms. The summed E-state index contributed by atoms with van der Waals surface area (Å²) in [5, 5.41) is 3.01. The van der Waals surface area contributed by atoms with Crippen molar-refractivity contribution < 1.29 is 9.59 Å². The zero-order valence-corrected chi connectivity index (χ0v) is 16.3. The van der Waals surface area contributed by atoms with Gasteiger partial charge in [-0.3, -0.25) is 9.59 Å². The zero-order chi connectivity index (χ0) is 18.8. The van der Waals surface area contributed by atoms with Gasteiger partial charge in [-0.25, -0.2) is 9.97 Å². The van der Waals surface area contributed by atoms with Crippen LogP contribution in [0.2, 0.25) is 0 Å². The molecule has 1 aromatic rings. The highest BCUT2D eigenvalue weighted by molar-refractivity contribution is 5.89. The number of fused-ring (bicyclic) bond motifs is 1. The number of nitrogens with zero attached hydrogens (tertiary/aromatic N) is 3. The first kappa shape index (κ1) is 18.4. The number of likely N-dealkylation sites (tertiary alicyclic amines) is 1. The molecule has 3 aliphatic rings. The summed E-state index contributed by atoms with van der Waals surface area (Å²) in [6.45, 7) is 3.19. The second-order valence-electron chi connectivity index (χ2n) is 8.28. The van der Waals surface area contributed by atoms with Crippen LogP contribution in [0.5, 0.6) is 0 Å². The van der Waals surface area contributed by atoms with Crippen LogP contribution in [0.15, 0.2) is 0 Å². The molecular weight excluding hydrogens is 340 g/mol. The molecule has 2 aliphatic carbocycles. The number of nitrogens with one attached hydrogen (secondary N) is 1. The molecule has 27 heavy (non-hydrogen) atoms. The second kappa shape index (κ2) is 7.95. The molecule has 0 aromatic carbocycles. The first-order valence-corrected chi connectivity index (χ1v) is 10.5. The van der Waals surface area contributed by atoms with Crippen molar-refractivity contribution >= 4 is 11.8 Å². The van der Waals surface area contributed by atoms with Gasteiger partial charge in [-0.1, -0.05) is 12.8 Å². The summed E-state index contributed by atoms with van der Waals surface area (Å²) in [6.07, 6.45) is 10.1. The number of aryl methyl sites for hydroxylation is 2. The van der Waals surface area contributed by atoms with Gasteiger partial charge >= 0.3 is 0 Å². The lowest BCUT2D eigenvalue weighted by molar-refractivity contribution is -0.130. The highest BCUT2D eigenvalue weighted by Crippen LogP contribution is 2.29. The van der Waals surface area contributed by atoms with E-state index >= 15 is 0 Å². The predicted molar refractivity (Wildman–Crippen MR) is 102 cm³/mol. The second-order valence-corrected chi connectivity index (χ2v) is 8.28. The number of hydrogen-bond acceptors (Lipinski definition) is 4. The molecule has 0 radical (unpaired) electrons. The van der Waals surface area contributed by atoms with Gasteiger partial charge < -0.3 is 10.2 Å². The highest BCUT2D eigenvalue weighted by atomic mass is 16.2. The van der Waals surface area contributed by atoms with Crippen molar-refractivity contribution in [2.45, 2.75) is 77.2 Å². The van der Waals surface area contributed by atoms with Gasteiger partial charge in [0.1, 0.15) is 5.82 Å². The van der Waals surface area contributed by atoms with E-state index in [9.17, 15) is 9.59 Å². The average Bonchev–Trinajstić information content (AvgIpc) is 3.31. The average molecular weight is 370 g/mol. The molecule has 6 heteroatoms. The first-order valence-electron chi connectivity index (χ1n) is 10.5. The van der Waals surface area contributed by atoms with E-state index in [1.165, 1.54) is 36.9 Å². The fourth-order valence-corrected chi connectivity index (χ4v) is 4.87. The lowest BCUT2D eigenvalue weighted by atomic mass is 9.95. The van der Waals surface area contributed by atoms with Crippen LogP contribution in [0, 0.1) is 12.8 Å². The van der Waals surface area contributed by atoms with Gasteiger partial charge in [0.05, 0.1) is 5.92 Å². The highest BCUT2D eigenvalue weighted by Gasteiger charge is 2.38. The molecule has 1 saturated carbocycles. The predicted octanol–water partition coefficient (Wildman–Crippen LogP) is 2.11. The van der Waals surface area contributed by atoms with E-state index in [1.54, 1.807) is 0 Å². The Balaban J connectivity index is 1.29. The van der Waals surface area contributed by atoms with Crippen molar-refractivity contribution in [3.05, 3.63) is 22.8 Å². The quantitative estimate of drug-likeness (QED) is 0.861. The Labute approximate surface area is 161 Å². The Morgan fingerprint density at radius 3 is 2.74 bits per heavy atom. The summed E-state index contributed by atoms with van der Waals surface area (Å²) in [5.41, 5.74) is 3.61. The maximum atomic E-state index is 12.5. The topological polar surface area (TPSA) is 75.2 Å². The van der Waals surface area contributed by atoms with Gasteiger partial charge in [0.15, 0.2) is 0 Å². The van der Waals surface area contributed by atoms with Crippen molar-refractivity contribution in [1.82, 2.24) is 20.2 Å². The Morgan fingerprint density at radius 2 is 1.93 bits per heavy atom. The normalized spacial score (nSPS) is 22.9. The maximum Gasteiger partial charge on any atom is 0.225 e. The van der Waals surface area contributed by atoms with E-state index in [0.29, 0.717) is 32.0 Å². The SMILES string of the molecule is Cc1nc(CCNC(=O)[C@H]2CC(=O)N(C3CCCC3)C2)nc2c1CCCC2. The van der Waals surface area contributed by atoms with Crippen molar-refractivity contribution in [2.75, 3.05) is 13.1 Å². The minimum Gasteiger partial charge on any atom is -0.355 e. The molecule has 0 unspecified atom stereocenters. The molecule has 2 amide bonds. The third kappa shape index (κ3) is 3.99. The standard InChI is InChI=1S/C21H30N4O2/c1-14-17-8-4-5-9-18(17)24-19(23-14)10-11-22-21(27)15-12-20(26)25(13-15)16-6-2-3-7-16/h15-16H,2-13H2,1H3,(H,22,27)/t15-/m0/s1. The van der Waals surface area contributed by atoms with Crippen molar-refractivity contribution in [2.24, 2.45) is 5.92 Å². The van der Waals surface area contributed by atoms with Crippen LogP contribution in [0.3, 0.4) is 0 Å². The van der Waals surface area contributed by atoms with E-state index in [0.717, 1.165) is 37.2 Å². The Bertz CT molecular complexity index is 727. The number of rotatable bonds is 5. The number of carbonyl (C=O) groups excluding carboxylic acids is 2. The Hall–Kier alpha value is -1.98. The summed E-state index contributed by atoms with van der Waals surface area (Å²) in [6, 6.07) is 0.363. The minimum absolute atomic E-state index is 0.00136. The minimum atomic E-state index is -0.204. The number of amides is 2. The largest absolute Gasteiger partial charge is 0.355 e. The van der Waals surface area contributed by atoms with Crippen LogP contribution in [-0.4, -0.2) is 45.8 Å². The van der Waals surface area contributed by atoms with Gasteiger partial charge in [0.25, 0.3) is 0 Å². The molecule has 1 atom stereocenters. The molecule has 6 nitrogen and oxygen atoms in total. The van der Waals surface area contributed by atoms with Crippen molar-refractivity contribution in [3.63, 3.8) is 0 Å². The third-order valence-electron chi connectivity index (χ3n) is 6.38. The molecule has 1 N–H and O–H groups in total. The van der Waals surface area contributed by atoms with Crippen molar-refractivity contribution in [1.29, 1.82) is 0 Å². The molecule has 1 saturated heterocycles. The van der Waals surface area contributed by atoms with Gasteiger partial charge in [0.2, 0.25) is 11.8 Å². The van der Waals surface area contributed by atoms with Crippen LogP contribution in [0.1, 0.15) is 67.7 Å². The van der Waals surface area contributed by atoms with Crippen LogP contribution in [0.4, 0.5) is 0 Å². The van der Waals surface area contributed by atoms with E-state index in [4.69, 9.17) is 4.98 Å². The molecule has 4 rings (SSSR count). The van der Waals surface area contributed by atoms with Crippen LogP contribution >= 0.6 is 0 Å². The van der Waals surface area contributed by atoms with E-state index in [-0.39, 0.29) is 17.7 Å². The summed E-state index contributed by atoms with van der Waals surface area (Å²) < 4.78 is 0. The van der Waals surface area contributed by atoms with E-state index in [2.05, 4.69) is 17.2 Å². The fourth-order valence-electron chi connectivity index (χ4n) is 4.87. The summed E-state index contributed by atoms with van der Waals surface area (Å²) in [7, 11) is 0. The molecule has 146 valence electrons. The van der Waals surface area contributed by atoms with Crippen molar-refractivity contribution in [3.8, 4) is 0 Å². The Morgan fingerprint density at radius 1 is 1.15 bits per heavy atom. The Kier molecular flexibility index (Phi) is 5.41. The van der Waals surface area contributed by atoms with Gasteiger partial charge in [0, 0.05) is 43.4 Å². The van der Waals surface area contributed by atoms with E-state index < -0.39 is 0 Å². The first-order chi connectivity index (χ1) is 13.1. The maximum absolute atomic E-state index is 12.5. The van der Waals surface area contributed by atoms with Gasteiger partial charge in [-0.15, -0.1) is 0 Å². The van der Waals surface area contributed by atoms with Crippen LogP contribution in [0.25, 0.3) is 0 Å². The molecule has 1 aliphatic heterocycles. The smallest absolute Gasteiger partial charge is 0.225 e. The summed E-state index contributed by atoms with van der Waals surface area (Å²) >= 11 is 0. The molecule has 0 bridgehead atoms. The van der Waals surface area contributed by atoms with E-state index in [1.807, 2.05) is 4.90 Å². The lowest BCUT2D eigenvalue weighted by Crippen LogP contribution is -2.37. The number of aromatic nitrogens is 2. The third-order valence-corrected chi connectivity index (χ3v) is 6.38. The summed E-state index contributed by atoms with van der Waals surface area (Å²) in [5.74, 6) is 0.766. The number of hydrogen-bond donors (Lipinski definition) is 1. The zero-order valence-electron chi connectivity index (χ0n) is 16.3. The van der Waals surface area contributed by atoms with Crippen LogP contribution in [-0.2, 0) is 28.9 Å². The van der Waals surface area contributed by atoms with Gasteiger partial charge in [-0.05, 0) is 51.0 Å². The molecule has 1 aromatic heterocycles. The van der Waals surface area contributed by atoms with Gasteiger partial charge in [-0.2, -0.15) is 0 Å². The molecule has 2 heterocycles. The fraction of sp³-hybridized carbons (Fsp3) is 0.714. The molecule has 2 fully saturated rings. The van der Waals surface area contributed by atoms with Crippen LogP contribution < -0.4 is 5.32 Å². The molecular formula is C21H30N4O2.